The van der Waals surface area contributed by atoms with Gasteiger partial charge in [0.05, 0.1) is 0 Å². The molecule has 0 saturated heterocycles. The highest BCUT2D eigenvalue weighted by atomic mass is 31.1. The van der Waals surface area contributed by atoms with E-state index < -0.39 is 0 Å². The van der Waals surface area contributed by atoms with E-state index in [1.165, 1.54) is 25.7 Å². The Morgan fingerprint density at radius 2 is 1.83 bits per heavy atom. The monoisotopic (exact) mass is 188 g/mol. The Balaban J connectivity index is 2.20. The predicted molar refractivity (Wildman–Crippen MR) is 52.0 cm³/mol. The van der Waals surface area contributed by atoms with Gasteiger partial charge in [0, 0.05) is 6.04 Å². The summed E-state index contributed by atoms with van der Waals surface area (Å²) in [4.78, 5) is 10.3. The van der Waals surface area contributed by atoms with Crippen LogP contribution in [-0.4, -0.2) is 6.04 Å². The second kappa shape index (κ2) is 5.16. The molecule has 0 heterocycles. The summed E-state index contributed by atoms with van der Waals surface area (Å²) in [7, 11) is -0.325. The number of hydrogen-bond acceptors (Lipinski definition) is 2. The van der Waals surface area contributed by atoms with Crippen LogP contribution in [0, 0.1) is 11.8 Å². The molecule has 0 aromatic carbocycles. The van der Waals surface area contributed by atoms with Crippen LogP contribution in [0.5, 0.6) is 0 Å². The van der Waals surface area contributed by atoms with Crippen LogP contribution in [0.4, 0.5) is 0 Å². The van der Waals surface area contributed by atoms with Crippen molar-refractivity contribution in [2.24, 2.45) is 11.8 Å². The van der Waals surface area contributed by atoms with Crippen LogP contribution in [0.2, 0.25) is 0 Å². The van der Waals surface area contributed by atoms with Crippen LogP contribution in [0.25, 0.3) is 0 Å². The molecule has 0 aliphatic heterocycles. The van der Waals surface area contributed by atoms with E-state index in [2.05, 4.69) is 18.9 Å². The van der Waals surface area contributed by atoms with Gasteiger partial charge < -0.3 is 9.98 Å². The maximum atomic E-state index is 10.3. The van der Waals surface area contributed by atoms with Gasteiger partial charge in [-0.15, -0.1) is 8.96 Å². The summed E-state index contributed by atoms with van der Waals surface area (Å²) in [6.07, 6.45) is 5.02. The topological polar surface area (TPSA) is 35.1 Å². The molecule has 1 aliphatic rings. The summed E-state index contributed by atoms with van der Waals surface area (Å²) in [5.74, 6) is 1.72. The average Bonchev–Trinajstić information content (AvgIpc) is 2.06. The lowest BCUT2D eigenvalue weighted by Gasteiger charge is -2.32. The van der Waals surface area contributed by atoms with Crippen molar-refractivity contribution in [3.63, 3.8) is 0 Å². The zero-order valence-electron chi connectivity index (χ0n) is 7.97. The van der Waals surface area contributed by atoms with Crippen LogP contribution in [-0.2, 0) is 0 Å². The van der Waals surface area contributed by atoms with E-state index in [9.17, 15) is 4.89 Å². The van der Waals surface area contributed by atoms with Crippen molar-refractivity contribution < 1.29 is 4.89 Å². The summed E-state index contributed by atoms with van der Waals surface area (Å²) in [6, 6.07) is 0.524. The highest BCUT2D eigenvalue weighted by Crippen LogP contribution is 2.30. The molecular weight excluding hydrogens is 169 g/mol. The van der Waals surface area contributed by atoms with Gasteiger partial charge in [-0.25, -0.2) is 0 Å². The van der Waals surface area contributed by atoms with Crippen molar-refractivity contribution in [1.82, 2.24) is 5.09 Å². The van der Waals surface area contributed by atoms with Crippen molar-refractivity contribution in [3.05, 3.63) is 0 Å². The van der Waals surface area contributed by atoms with Gasteiger partial charge >= 0.3 is 0 Å². The van der Waals surface area contributed by atoms with Gasteiger partial charge in [-0.1, -0.05) is 13.8 Å². The maximum absolute atomic E-state index is 10.3. The van der Waals surface area contributed by atoms with E-state index in [1.54, 1.807) is 0 Å². The summed E-state index contributed by atoms with van der Waals surface area (Å²) in [5, 5.41) is 3.02. The van der Waals surface area contributed by atoms with E-state index >= 15 is 0 Å². The van der Waals surface area contributed by atoms with Gasteiger partial charge in [0.2, 0.25) is 0 Å². The number of rotatable bonds is 3. The molecule has 0 bridgehead atoms. The lowest BCUT2D eigenvalue weighted by Crippen LogP contribution is -2.30. The van der Waals surface area contributed by atoms with E-state index in [1.807, 2.05) is 0 Å². The minimum atomic E-state index is -0.325. The van der Waals surface area contributed by atoms with E-state index in [0.717, 1.165) is 11.8 Å². The molecule has 2 nitrogen and oxygen atoms in total. The molecule has 1 aliphatic carbocycles. The van der Waals surface area contributed by atoms with Gasteiger partial charge in [-0.3, -0.25) is 0 Å². The van der Waals surface area contributed by atoms with Crippen molar-refractivity contribution >= 4 is 8.96 Å². The first-order valence-corrected chi connectivity index (χ1v) is 5.77. The fourth-order valence-corrected chi connectivity index (χ4v) is 2.47. The highest BCUT2D eigenvalue weighted by molar-refractivity contribution is 7.26. The Hall–Kier alpha value is 0.350. The second-order valence-electron chi connectivity index (χ2n) is 4.10. The van der Waals surface area contributed by atoms with Gasteiger partial charge in [0.1, 0.15) is 0 Å². The van der Waals surface area contributed by atoms with Crippen molar-refractivity contribution in [3.8, 4) is 0 Å². The van der Waals surface area contributed by atoms with Crippen LogP contribution in [0.3, 0.4) is 0 Å². The standard InChI is InChI=1S/C9H19NOP/c1-7(2)8-3-5-9(6-4-8)10-12-11/h7-10,12H,3-6H2,1-2H3/q-1. The van der Waals surface area contributed by atoms with Crippen molar-refractivity contribution in [1.29, 1.82) is 0 Å². The Labute approximate surface area is 77.1 Å². The summed E-state index contributed by atoms with van der Waals surface area (Å²) in [5.41, 5.74) is 0. The van der Waals surface area contributed by atoms with E-state index in [4.69, 9.17) is 0 Å². The predicted octanol–water partition coefficient (Wildman–Crippen LogP) is 1.66. The summed E-state index contributed by atoms with van der Waals surface area (Å²) >= 11 is 0. The third kappa shape index (κ3) is 3.01. The average molecular weight is 188 g/mol. The largest absolute Gasteiger partial charge is 0.820 e. The van der Waals surface area contributed by atoms with E-state index in [0.29, 0.717) is 6.04 Å². The molecular formula is C9H19NOP-. The Bertz CT molecular complexity index is 122. The van der Waals surface area contributed by atoms with Gasteiger partial charge in [-0.2, -0.15) is 0 Å². The molecule has 0 aromatic rings. The molecule has 1 saturated carbocycles. The molecule has 72 valence electrons. The van der Waals surface area contributed by atoms with E-state index in [-0.39, 0.29) is 8.96 Å². The van der Waals surface area contributed by atoms with Crippen LogP contribution < -0.4 is 9.98 Å². The Kier molecular flexibility index (Phi) is 4.49. The minimum Gasteiger partial charge on any atom is -0.820 e. The number of hydrogen-bond donors (Lipinski definition) is 1. The Morgan fingerprint density at radius 1 is 1.25 bits per heavy atom. The van der Waals surface area contributed by atoms with Crippen molar-refractivity contribution in [2.45, 2.75) is 45.6 Å². The molecule has 12 heavy (non-hydrogen) atoms. The maximum Gasteiger partial charge on any atom is 0.00889 e. The van der Waals surface area contributed by atoms with Gasteiger partial charge in [0.25, 0.3) is 0 Å². The Morgan fingerprint density at radius 3 is 2.25 bits per heavy atom. The normalized spacial score (nSPS) is 32.0. The molecule has 0 aromatic heterocycles. The summed E-state index contributed by atoms with van der Waals surface area (Å²) < 4.78 is 0. The first-order valence-electron chi connectivity index (χ1n) is 4.86. The number of nitrogens with one attached hydrogen (secondary N) is 1. The third-order valence-corrected chi connectivity index (χ3v) is 3.50. The second-order valence-corrected chi connectivity index (χ2v) is 4.59. The molecule has 1 N–H and O–H groups in total. The molecule has 1 atom stereocenters. The zero-order chi connectivity index (χ0) is 8.97. The van der Waals surface area contributed by atoms with Crippen LogP contribution >= 0.6 is 8.96 Å². The first kappa shape index (κ1) is 10.4. The van der Waals surface area contributed by atoms with Crippen LogP contribution in [0.1, 0.15) is 39.5 Å². The quantitative estimate of drug-likeness (QED) is 0.683. The lowest BCUT2D eigenvalue weighted by molar-refractivity contribution is -0.153. The fourth-order valence-electron chi connectivity index (χ4n) is 2.01. The molecule has 1 fully saturated rings. The SMILES string of the molecule is CC(C)C1CCC(NP[O-])CC1. The minimum absolute atomic E-state index is 0.325. The van der Waals surface area contributed by atoms with Gasteiger partial charge in [0.15, 0.2) is 0 Å². The molecule has 1 rings (SSSR count). The fraction of sp³-hybridized carbons (Fsp3) is 1.00. The molecule has 0 radical (unpaired) electrons. The lowest BCUT2D eigenvalue weighted by atomic mass is 9.80. The van der Waals surface area contributed by atoms with Gasteiger partial charge in [-0.05, 0) is 37.5 Å². The first-order chi connectivity index (χ1) is 5.74. The molecule has 1 unspecified atom stereocenters. The van der Waals surface area contributed by atoms with Crippen molar-refractivity contribution in [2.75, 3.05) is 0 Å². The smallest absolute Gasteiger partial charge is 0.00889 e. The molecule has 3 heteroatoms. The van der Waals surface area contributed by atoms with Crippen LogP contribution in [0.15, 0.2) is 0 Å². The third-order valence-electron chi connectivity index (χ3n) is 2.98. The zero-order valence-corrected chi connectivity index (χ0v) is 8.97. The highest BCUT2D eigenvalue weighted by Gasteiger charge is 2.21. The molecule has 0 spiro atoms. The summed E-state index contributed by atoms with van der Waals surface area (Å²) in [6.45, 7) is 4.60. The molecule has 0 amide bonds.